The molecule has 0 N–H and O–H groups in total. The van der Waals surface area contributed by atoms with Crippen molar-refractivity contribution in [3.05, 3.63) is 28.4 Å². The number of rotatable bonds is 5. The van der Waals surface area contributed by atoms with E-state index in [1.165, 1.54) is 25.4 Å². The Morgan fingerprint density at radius 1 is 1.39 bits per heavy atom. The molecule has 0 aromatic carbocycles. The second kappa shape index (κ2) is 7.52. The zero-order valence-corrected chi connectivity index (χ0v) is 13.4. The fourth-order valence-corrected chi connectivity index (χ4v) is 1.64. The highest BCUT2D eigenvalue weighted by Gasteiger charge is 2.30. The number of methoxy groups -OCH3 is 1. The second-order valence-corrected chi connectivity index (χ2v) is 5.56. The molecule has 1 amide bonds. The summed E-state index contributed by atoms with van der Waals surface area (Å²) in [5, 5.41) is 11.1. The van der Waals surface area contributed by atoms with Crippen LogP contribution in [0.3, 0.4) is 0 Å². The highest BCUT2D eigenvalue weighted by atomic mass is 16.6. The predicted molar refractivity (Wildman–Crippen MR) is 81.1 cm³/mol. The highest BCUT2D eigenvalue weighted by molar-refractivity contribution is 5.90. The van der Waals surface area contributed by atoms with Gasteiger partial charge in [0, 0.05) is 18.8 Å². The quantitative estimate of drug-likeness (QED) is 0.463. The lowest BCUT2D eigenvalue weighted by Crippen LogP contribution is -2.39. The average Bonchev–Trinajstić information content (AvgIpc) is 2.45. The van der Waals surface area contributed by atoms with E-state index >= 15 is 0 Å². The molecule has 9 heteroatoms. The summed E-state index contributed by atoms with van der Waals surface area (Å²) in [6.45, 7) is 4.84. The first-order valence-electron chi connectivity index (χ1n) is 6.82. The van der Waals surface area contributed by atoms with Crippen molar-refractivity contribution in [3.8, 4) is 0 Å². The van der Waals surface area contributed by atoms with Gasteiger partial charge in [-0.15, -0.1) is 0 Å². The van der Waals surface area contributed by atoms with Gasteiger partial charge in [0.05, 0.1) is 18.5 Å². The number of carbonyl (C=O) groups excluding carboxylic acids is 2. The first-order chi connectivity index (χ1) is 10.7. The lowest BCUT2D eigenvalue weighted by molar-refractivity contribution is -0.384. The van der Waals surface area contributed by atoms with Gasteiger partial charge in [-0.3, -0.25) is 19.8 Å². The van der Waals surface area contributed by atoms with Crippen molar-refractivity contribution in [2.45, 2.75) is 32.8 Å². The Morgan fingerprint density at radius 3 is 2.57 bits per heavy atom. The van der Waals surface area contributed by atoms with Gasteiger partial charge in [-0.25, -0.2) is 9.78 Å². The monoisotopic (exact) mass is 325 g/mol. The van der Waals surface area contributed by atoms with Crippen LogP contribution in [0, 0.1) is 10.1 Å². The molecule has 0 aliphatic rings. The normalized spacial score (nSPS) is 10.8. The minimum absolute atomic E-state index is 0.149. The van der Waals surface area contributed by atoms with Crippen molar-refractivity contribution in [2.24, 2.45) is 0 Å². The molecule has 0 bridgehead atoms. The van der Waals surface area contributed by atoms with Crippen molar-refractivity contribution in [3.63, 3.8) is 0 Å². The van der Waals surface area contributed by atoms with Crippen molar-refractivity contribution < 1.29 is 24.0 Å². The molecule has 1 aromatic rings. The topological polar surface area (TPSA) is 112 Å². The van der Waals surface area contributed by atoms with Gasteiger partial charge in [-0.1, -0.05) is 0 Å². The minimum Gasteiger partial charge on any atom is -0.469 e. The zero-order chi connectivity index (χ0) is 17.6. The molecule has 0 fully saturated rings. The predicted octanol–water partition coefficient (Wildman–Crippen LogP) is 2.29. The molecular weight excluding hydrogens is 306 g/mol. The molecular formula is C14H19N3O6. The highest BCUT2D eigenvalue weighted by Crippen LogP contribution is 2.26. The SMILES string of the molecule is COC(=O)CCN(C(=O)OC(C)(C)C)c1ncccc1[N+](=O)[O-]. The Kier molecular flexibility index (Phi) is 6.00. The largest absolute Gasteiger partial charge is 0.469 e. The number of hydrogen-bond donors (Lipinski definition) is 0. The lowest BCUT2D eigenvalue weighted by atomic mass is 10.2. The smallest absolute Gasteiger partial charge is 0.416 e. The van der Waals surface area contributed by atoms with Gasteiger partial charge < -0.3 is 9.47 Å². The zero-order valence-electron chi connectivity index (χ0n) is 13.4. The van der Waals surface area contributed by atoms with Crippen LogP contribution < -0.4 is 4.90 Å². The van der Waals surface area contributed by atoms with E-state index in [0.29, 0.717) is 0 Å². The third-order valence-corrected chi connectivity index (χ3v) is 2.60. The van der Waals surface area contributed by atoms with Crippen LogP contribution in [0.25, 0.3) is 0 Å². The number of amides is 1. The van der Waals surface area contributed by atoms with Gasteiger partial charge in [-0.05, 0) is 26.8 Å². The first-order valence-corrected chi connectivity index (χ1v) is 6.82. The van der Waals surface area contributed by atoms with Crippen LogP contribution >= 0.6 is 0 Å². The van der Waals surface area contributed by atoms with E-state index in [2.05, 4.69) is 9.72 Å². The molecule has 126 valence electrons. The van der Waals surface area contributed by atoms with Gasteiger partial charge in [0.1, 0.15) is 5.60 Å². The molecule has 0 aliphatic heterocycles. The Bertz CT molecular complexity index is 596. The van der Waals surface area contributed by atoms with Crippen LogP contribution in [0.1, 0.15) is 27.2 Å². The maximum Gasteiger partial charge on any atom is 0.416 e. The number of hydrogen-bond acceptors (Lipinski definition) is 7. The Balaban J connectivity index is 3.15. The van der Waals surface area contributed by atoms with Crippen molar-refractivity contribution >= 4 is 23.6 Å². The maximum absolute atomic E-state index is 12.3. The van der Waals surface area contributed by atoms with Crippen molar-refractivity contribution in [1.29, 1.82) is 0 Å². The summed E-state index contributed by atoms with van der Waals surface area (Å²) in [6.07, 6.45) is 0.338. The van der Waals surface area contributed by atoms with Crippen molar-refractivity contribution in [1.82, 2.24) is 4.98 Å². The standard InChI is InChI=1S/C14H19N3O6/c1-14(2,3)23-13(19)16(9-7-11(18)22-4)12-10(17(20)21)6-5-8-15-12/h5-6,8H,7,9H2,1-4H3. The molecule has 0 atom stereocenters. The number of carbonyl (C=O) groups is 2. The first kappa shape index (κ1) is 18.3. The molecule has 0 aliphatic carbocycles. The average molecular weight is 325 g/mol. The van der Waals surface area contributed by atoms with Crippen LogP contribution in [-0.2, 0) is 14.3 Å². The number of anilines is 1. The molecule has 1 aromatic heterocycles. The summed E-state index contributed by atoms with van der Waals surface area (Å²) in [5.74, 6) is -0.743. The summed E-state index contributed by atoms with van der Waals surface area (Å²) >= 11 is 0. The van der Waals surface area contributed by atoms with E-state index in [1.54, 1.807) is 20.8 Å². The number of nitro groups is 1. The molecule has 1 rings (SSSR count). The van der Waals surface area contributed by atoms with Gasteiger partial charge in [0.25, 0.3) is 0 Å². The molecule has 0 saturated carbocycles. The summed E-state index contributed by atoms with van der Waals surface area (Å²) in [5.41, 5.74) is -1.16. The summed E-state index contributed by atoms with van der Waals surface area (Å²) in [4.78, 5) is 39.0. The summed E-state index contributed by atoms with van der Waals surface area (Å²) in [7, 11) is 1.21. The number of ether oxygens (including phenoxy) is 2. The number of nitrogens with zero attached hydrogens (tertiary/aromatic N) is 3. The molecule has 1 heterocycles. The Hall–Kier alpha value is -2.71. The molecule has 0 spiro atoms. The van der Waals surface area contributed by atoms with Gasteiger partial charge in [-0.2, -0.15) is 0 Å². The van der Waals surface area contributed by atoms with E-state index in [9.17, 15) is 19.7 Å². The Morgan fingerprint density at radius 2 is 2.04 bits per heavy atom. The van der Waals surface area contributed by atoms with Crippen molar-refractivity contribution in [2.75, 3.05) is 18.6 Å². The van der Waals surface area contributed by atoms with Gasteiger partial charge in [0.2, 0.25) is 5.82 Å². The minimum atomic E-state index is -0.830. The third-order valence-electron chi connectivity index (χ3n) is 2.60. The van der Waals surface area contributed by atoms with Crippen LogP contribution in [0.15, 0.2) is 18.3 Å². The van der Waals surface area contributed by atoms with E-state index in [1.807, 2.05) is 0 Å². The number of esters is 1. The van der Waals surface area contributed by atoms with Gasteiger partial charge in [0.15, 0.2) is 0 Å². The van der Waals surface area contributed by atoms with Crippen LogP contribution in [0.5, 0.6) is 0 Å². The molecule has 0 saturated heterocycles. The van der Waals surface area contributed by atoms with E-state index < -0.39 is 22.6 Å². The lowest BCUT2D eigenvalue weighted by Gasteiger charge is -2.26. The number of aromatic nitrogens is 1. The fraction of sp³-hybridized carbons (Fsp3) is 0.500. The Labute approximate surface area is 133 Å². The molecule has 0 unspecified atom stereocenters. The van der Waals surface area contributed by atoms with Crippen LogP contribution in [0.4, 0.5) is 16.3 Å². The maximum atomic E-state index is 12.3. The second-order valence-electron chi connectivity index (χ2n) is 5.56. The summed E-state index contributed by atoms with van der Waals surface area (Å²) in [6, 6.07) is 2.60. The van der Waals surface area contributed by atoms with Crippen LogP contribution in [-0.4, -0.2) is 41.2 Å². The van der Waals surface area contributed by atoms with E-state index in [-0.39, 0.29) is 24.5 Å². The van der Waals surface area contributed by atoms with E-state index in [0.717, 1.165) is 4.90 Å². The molecule has 23 heavy (non-hydrogen) atoms. The number of pyridine rings is 1. The summed E-state index contributed by atoms with van der Waals surface area (Å²) < 4.78 is 9.75. The van der Waals surface area contributed by atoms with Gasteiger partial charge >= 0.3 is 17.7 Å². The molecule has 0 radical (unpaired) electrons. The molecule has 9 nitrogen and oxygen atoms in total. The van der Waals surface area contributed by atoms with Crippen LogP contribution in [0.2, 0.25) is 0 Å². The fourth-order valence-electron chi connectivity index (χ4n) is 1.64. The third kappa shape index (κ3) is 5.53. The van der Waals surface area contributed by atoms with E-state index in [4.69, 9.17) is 4.74 Å².